The Morgan fingerprint density at radius 2 is 2.23 bits per heavy atom. The molecular weight excluding hydrogens is 338 g/mol. The van der Waals surface area contributed by atoms with Gasteiger partial charge in [0, 0.05) is 31.6 Å². The fourth-order valence-corrected chi connectivity index (χ4v) is 3.38. The van der Waals surface area contributed by atoms with Gasteiger partial charge in [0.25, 0.3) is 0 Å². The summed E-state index contributed by atoms with van der Waals surface area (Å²) in [5.74, 6) is 0.916. The van der Waals surface area contributed by atoms with E-state index >= 15 is 0 Å². The molecule has 12 nitrogen and oxygen atoms in total. The van der Waals surface area contributed by atoms with Crippen LogP contribution in [0.2, 0.25) is 0 Å². The normalized spacial score (nSPS) is 27.7. The lowest BCUT2D eigenvalue weighted by Gasteiger charge is -2.36. The Kier molecular flexibility index (Phi) is 4.34. The minimum absolute atomic E-state index is 0.0236. The van der Waals surface area contributed by atoms with E-state index in [1.807, 2.05) is 6.07 Å². The molecule has 2 aromatic heterocycles. The van der Waals surface area contributed by atoms with Crippen molar-refractivity contribution in [2.24, 2.45) is 5.92 Å². The van der Waals surface area contributed by atoms with Crippen molar-refractivity contribution in [1.82, 2.24) is 46.3 Å². The van der Waals surface area contributed by atoms with Crippen molar-refractivity contribution in [3.05, 3.63) is 18.1 Å². The number of carbonyl (C=O) groups is 1. The molecule has 2 aromatic rings. The zero-order valence-corrected chi connectivity index (χ0v) is 14.3. The number of nitrogens with zero attached hydrogens (tertiary/aromatic N) is 6. The van der Waals surface area contributed by atoms with Crippen molar-refractivity contribution in [2.45, 2.75) is 31.0 Å². The molecule has 3 heterocycles. The van der Waals surface area contributed by atoms with Gasteiger partial charge in [-0.05, 0) is 23.3 Å². The lowest BCUT2D eigenvalue weighted by Crippen LogP contribution is -2.47. The van der Waals surface area contributed by atoms with Crippen LogP contribution in [0.5, 0.6) is 0 Å². The van der Waals surface area contributed by atoms with E-state index < -0.39 is 0 Å². The van der Waals surface area contributed by atoms with E-state index in [1.165, 1.54) is 11.0 Å². The number of nitrogens with two attached hydrogens (primary N) is 1. The number of anilines is 2. The second-order valence-electron chi connectivity index (χ2n) is 6.53. The van der Waals surface area contributed by atoms with Gasteiger partial charge in [0.1, 0.15) is 18.3 Å². The highest BCUT2D eigenvalue weighted by molar-refractivity contribution is 5.80. The van der Waals surface area contributed by atoms with Crippen molar-refractivity contribution < 1.29 is 4.79 Å². The lowest BCUT2D eigenvalue weighted by atomic mass is 9.77. The molecule has 1 saturated heterocycles. The van der Waals surface area contributed by atoms with Gasteiger partial charge in [-0.1, -0.05) is 0 Å². The molecule has 0 aromatic carbocycles. The van der Waals surface area contributed by atoms with Crippen LogP contribution in [0, 0.1) is 5.92 Å². The van der Waals surface area contributed by atoms with Crippen LogP contribution in [0.4, 0.5) is 11.8 Å². The zero-order chi connectivity index (χ0) is 18.1. The molecular formula is C14H21N11O. The number of hydrogen-bond donors (Lipinski definition) is 5. The minimum atomic E-state index is -0.305. The van der Waals surface area contributed by atoms with Crippen LogP contribution in [-0.2, 0) is 4.79 Å². The van der Waals surface area contributed by atoms with Gasteiger partial charge in [-0.2, -0.15) is 4.98 Å². The molecule has 0 radical (unpaired) electrons. The molecule has 26 heavy (non-hydrogen) atoms. The molecule has 138 valence electrons. The zero-order valence-electron chi connectivity index (χ0n) is 14.3. The number of rotatable bonds is 5. The molecule has 1 aliphatic carbocycles. The second kappa shape index (κ2) is 6.80. The Bertz CT molecular complexity index is 773. The predicted molar refractivity (Wildman–Crippen MR) is 91.4 cm³/mol. The van der Waals surface area contributed by atoms with Gasteiger partial charge in [-0.3, -0.25) is 10.2 Å². The highest BCUT2D eigenvalue weighted by Crippen LogP contribution is 2.37. The van der Waals surface area contributed by atoms with Gasteiger partial charge in [-0.25, -0.2) is 15.1 Å². The first kappa shape index (κ1) is 16.6. The van der Waals surface area contributed by atoms with Gasteiger partial charge >= 0.3 is 0 Å². The predicted octanol–water partition coefficient (Wildman–Crippen LogP) is -1.63. The Hall–Kier alpha value is -2.86. The van der Waals surface area contributed by atoms with Gasteiger partial charge in [0.05, 0.1) is 11.6 Å². The number of nitrogens with one attached hydrogen (secondary N) is 4. The van der Waals surface area contributed by atoms with E-state index in [-0.39, 0.29) is 35.9 Å². The topological polar surface area (TPSA) is 161 Å². The summed E-state index contributed by atoms with van der Waals surface area (Å²) in [5.41, 5.74) is 12.7. The summed E-state index contributed by atoms with van der Waals surface area (Å²) in [5, 5.41) is 17.2. The van der Waals surface area contributed by atoms with Crippen molar-refractivity contribution in [2.75, 3.05) is 24.6 Å². The molecule has 1 aliphatic heterocycles. The van der Waals surface area contributed by atoms with E-state index in [9.17, 15) is 4.79 Å². The second-order valence-corrected chi connectivity index (χ2v) is 6.53. The van der Waals surface area contributed by atoms with Crippen LogP contribution in [0.25, 0.3) is 0 Å². The van der Waals surface area contributed by atoms with Crippen LogP contribution < -0.4 is 27.2 Å². The third-order valence-electron chi connectivity index (χ3n) is 4.86. The Labute approximate surface area is 149 Å². The van der Waals surface area contributed by atoms with Crippen LogP contribution >= 0.6 is 0 Å². The maximum Gasteiger partial charge on any atom is 0.228 e. The summed E-state index contributed by atoms with van der Waals surface area (Å²) in [6.07, 6.45) is 2.84. The number of tetrazole rings is 1. The molecule has 2 atom stereocenters. The smallest absolute Gasteiger partial charge is 0.228 e. The summed E-state index contributed by atoms with van der Waals surface area (Å²) < 4.78 is 1.54. The van der Waals surface area contributed by atoms with Gasteiger partial charge < -0.3 is 16.4 Å². The van der Waals surface area contributed by atoms with Gasteiger partial charge in [0.2, 0.25) is 11.9 Å². The fraction of sp³-hybridized carbons (Fsp3) is 0.571. The Morgan fingerprint density at radius 3 is 2.96 bits per heavy atom. The summed E-state index contributed by atoms with van der Waals surface area (Å²) in [6.45, 7) is 0.514. The largest absolute Gasteiger partial charge is 0.373 e. The number of aromatic nitrogens is 6. The van der Waals surface area contributed by atoms with E-state index in [1.54, 1.807) is 7.05 Å². The van der Waals surface area contributed by atoms with Crippen LogP contribution in [0.3, 0.4) is 0 Å². The highest BCUT2D eigenvalue weighted by atomic mass is 16.2. The average Bonchev–Trinajstić information content (AvgIpc) is 3.27. The molecule has 12 heteroatoms. The van der Waals surface area contributed by atoms with Gasteiger partial charge in [0.15, 0.2) is 0 Å². The highest BCUT2D eigenvalue weighted by Gasteiger charge is 2.39. The molecule has 1 amide bonds. The third-order valence-corrected chi connectivity index (χ3v) is 4.86. The number of amides is 1. The molecule has 2 unspecified atom stereocenters. The van der Waals surface area contributed by atoms with Crippen LogP contribution in [0.15, 0.2) is 12.4 Å². The molecule has 6 N–H and O–H groups in total. The van der Waals surface area contributed by atoms with E-state index in [0.29, 0.717) is 12.4 Å². The van der Waals surface area contributed by atoms with E-state index in [0.717, 1.165) is 18.5 Å². The first-order valence-corrected chi connectivity index (χ1v) is 8.47. The fourth-order valence-electron chi connectivity index (χ4n) is 3.38. The molecule has 0 spiro atoms. The van der Waals surface area contributed by atoms with Crippen molar-refractivity contribution >= 4 is 17.7 Å². The van der Waals surface area contributed by atoms with Crippen molar-refractivity contribution in [3.8, 4) is 0 Å². The first-order chi connectivity index (χ1) is 12.6. The molecule has 0 bridgehead atoms. The maximum atomic E-state index is 12.6. The monoisotopic (exact) mass is 359 g/mol. The Morgan fingerprint density at radius 1 is 1.38 bits per heavy atom. The number of carbonyl (C=O) groups excluding carboxylic acids is 1. The van der Waals surface area contributed by atoms with Gasteiger partial charge in [-0.15, -0.1) is 5.10 Å². The molecule has 2 aliphatic rings. The molecule has 2 fully saturated rings. The third kappa shape index (κ3) is 3.15. The quantitative estimate of drug-likeness (QED) is 0.419. The summed E-state index contributed by atoms with van der Waals surface area (Å²) in [6, 6.07) is 2.02. The van der Waals surface area contributed by atoms with E-state index in [2.05, 4.69) is 47.0 Å². The summed E-state index contributed by atoms with van der Waals surface area (Å²) >= 11 is 0. The summed E-state index contributed by atoms with van der Waals surface area (Å²) in [4.78, 5) is 21.0. The van der Waals surface area contributed by atoms with Crippen molar-refractivity contribution in [1.29, 1.82) is 0 Å². The lowest BCUT2D eigenvalue weighted by molar-refractivity contribution is -0.127. The maximum absolute atomic E-state index is 12.6. The van der Waals surface area contributed by atoms with Crippen molar-refractivity contribution in [3.63, 3.8) is 0 Å². The molecule has 1 saturated carbocycles. The Balaban J connectivity index is 1.34. The van der Waals surface area contributed by atoms with E-state index in [4.69, 9.17) is 5.73 Å². The molecule has 4 rings (SSSR count). The number of hydrogen-bond acceptors (Lipinski definition) is 10. The first-order valence-electron chi connectivity index (χ1n) is 8.47. The minimum Gasteiger partial charge on any atom is -0.373 e. The number of hydrazine groups is 1. The standard InChI is InChI=1S/C14H21N11O/c1-16-11-4-10(20-14(15)21-11)7-2-8(3-7)19-13(26)9-5-17-22-12(9)25-6-18-23-24-25/h4,6-9,12,17,22H,2-3,5H2,1H3,(H,19,26)(H3,15,16,20,21). The van der Waals surface area contributed by atoms with Crippen LogP contribution in [-0.4, -0.2) is 55.7 Å². The average molecular weight is 359 g/mol. The number of nitrogen functional groups attached to an aromatic ring is 1. The SMILES string of the molecule is CNc1cc(C2CC(NC(=O)C3CNNC3n3cnnn3)C2)nc(N)n1. The van der Waals surface area contributed by atoms with Crippen LogP contribution in [0.1, 0.15) is 30.6 Å². The summed E-state index contributed by atoms with van der Waals surface area (Å²) in [7, 11) is 1.79.